The van der Waals surface area contributed by atoms with E-state index in [4.69, 9.17) is 18.6 Å². The lowest BCUT2D eigenvalue weighted by Crippen LogP contribution is -2.45. The van der Waals surface area contributed by atoms with Crippen molar-refractivity contribution in [3.8, 4) is 11.5 Å². The Bertz CT molecular complexity index is 1210. The number of aryl methyl sites for hydroxylation is 1. The van der Waals surface area contributed by atoms with Crippen molar-refractivity contribution in [3.63, 3.8) is 0 Å². The molecule has 2 amide bonds. The third kappa shape index (κ3) is 7.13. The Morgan fingerprint density at radius 1 is 0.974 bits per heavy atom. The normalized spacial score (nSPS) is 14.8. The van der Waals surface area contributed by atoms with Gasteiger partial charge in [0, 0.05) is 31.3 Å². The minimum atomic E-state index is -0.352. The number of carbonyl (C=O) groups excluding carboxylic acids is 2. The van der Waals surface area contributed by atoms with E-state index < -0.39 is 0 Å². The smallest absolute Gasteiger partial charge is 0.254 e. The molecule has 0 radical (unpaired) electrons. The summed E-state index contributed by atoms with van der Waals surface area (Å²) in [6, 6.07) is 14.6. The van der Waals surface area contributed by atoms with Gasteiger partial charge in [-0.3, -0.25) is 9.59 Å². The topological polar surface area (TPSA) is 81.5 Å². The van der Waals surface area contributed by atoms with Crippen LogP contribution in [0.4, 0.5) is 4.39 Å². The Kier molecular flexibility index (Phi) is 9.02. The molecule has 1 saturated heterocycles. The summed E-state index contributed by atoms with van der Waals surface area (Å²) in [5.74, 6) is 1.34. The van der Waals surface area contributed by atoms with Gasteiger partial charge in [-0.05, 0) is 61.7 Å². The molecule has 4 rings (SSSR count). The summed E-state index contributed by atoms with van der Waals surface area (Å²) in [4.78, 5) is 30.5. The van der Waals surface area contributed by atoms with Crippen molar-refractivity contribution in [2.45, 2.75) is 39.0 Å². The molecule has 0 aliphatic carbocycles. The van der Waals surface area contributed by atoms with Crippen molar-refractivity contribution in [2.24, 2.45) is 0 Å². The predicted octanol–water partition coefficient (Wildman–Crippen LogP) is 4.59. The van der Waals surface area contributed by atoms with Crippen LogP contribution in [0.3, 0.4) is 0 Å². The van der Waals surface area contributed by atoms with Crippen LogP contribution in [0.15, 0.2) is 59.0 Å². The van der Waals surface area contributed by atoms with E-state index >= 15 is 0 Å². The van der Waals surface area contributed by atoms with E-state index in [1.54, 1.807) is 35.2 Å². The standard InChI is InChI=1S/C29H33FN2O6/c1-20-6-11-25(38-20)18-31(16-21-7-9-23(30)10-8-21)28(33)19-32(17-24-5-4-12-37-24)29(34)22-13-26(35-2)15-27(14-22)36-3/h6-11,13-15,24H,4-5,12,16-19H2,1-3H3. The van der Waals surface area contributed by atoms with E-state index in [1.165, 1.54) is 31.3 Å². The van der Waals surface area contributed by atoms with Gasteiger partial charge in [-0.15, -0.1) is 0 Å². The molecular formula is C29H33FN2O6. The summed E-state index contributed by atoms with van der Waals surface area (Å²) in [6.45, 7) is 3.00. The summed E-state index contributed by atoms with van der Waals surface area (Å²) in [5, 5.41) is 0. The van der Waals surface area contributed by atoms with Crippen LogP contribution < -0.4 is 9.47 Å². The van der Waals surface area contributed by atoms with Gasteiger partial charge in [0.25, 0.3) is 5.91 Å². The fourth-order valence-electron chi connectivity index (χ4n) is 4.43. The van der Waals surface area contributed by atoms with Crippen molar-refractivity contribution < 1.29 is 32.6 Å². The summed E-state index contributed by atoms with van der Waals surface area (Å²) in [7, 11) is 3.03. The number of nitrogens with zero attached hydrogens (tertiary/aromatic N) is 2. The quantitative estimate of drug-likeness (QED) is 0.365. The molecule has 0 saturated carbocycles. The molecule has 2 aromatic carbocycles. The molecule has 1 aromatic heterocycles. The molecular weight excluding hydrogens is 491 g/mol. The van der Waals surface area contributed by atoms with Crippen LogP contribution in [0.5, 0.6) is 11.5 Å². The van der Waals surface area contributed by atoms with Crippen LogP contribution >= 0.6 is 0 Å². The highest BCUT2D eigenvalue weighted by Gasteiger charge is 2.28. The first-order valence-corrected chi connectivity index (χ1v) is 12.6. The van der Waals surface area contributed by atoms with E-state index in [0.29, 0.717) is 29.4 Å². The number of halogens is 1. The van der Waals surface area contributed by atoms with Crippen LogP contribution in [0.1, 0.15) is 40.3 Å². The average molecular weight is 525 g/mol. The van der Waals surface area contributed by atoms with Gasteiger partial charge in [0.05, 0.1) is 26.9 Å². The van der Waals surface area contributed by atoms with Crippen molar-refractivity contribution in [2.75, 3.05) is 33.9 Å². The Morgan fingerprint density at radius 2 is 1.68 bits per heavy atom. The van der Waals surface area contributed by atoms with Crippen LogP contribution in [-0.4, -0.2) is 61.6 Å². The van der Waals surface area contributed by atoms with Crippen LogP contribution in [0, 0.1) is 12.7 Å². The third-order valence-corrected chi connectivity index (χ3v) is 6.44. The zero-order valence-electron chi connectivity index (χ0n) is 21.9. The molecule has 0 bridgehead atoms. The molecule has 1 fully saturated rings. The van der Waals surface area contributed by atoms with Gasteiger partial charge < -0.3 is 28.4 Å². The minimum Gasteiger partial charge on any atom is -0.497 e. The Balaban J connectivity index is 1.59. The second-order valence-electron chi connectivity index (χ2n) is 9.31. The Morgan fingerprint density at radius 3 is 2.26 bits per heavy atom. The van der Waals surface area contributed by atoms with Crippen molar-refractivity contribution in [3.05, 3.63) is 83.1 Å². The zero-order valence-corrected chi connectivity index (χ0v) is 21.9. The first-order valence-electron chi connectivity index (χ1n) is 12.6. The molecule has 1 unspecified atom stereocenters. The van der Waals surface area contributed by atoms with Crippen molar-refractivity contribution >= 4 is 11.8 Å². The van der Waals surface area contributed by atoms with Crippen LogP contribution in [0.25, 0.3) is 0 Å². The molecule has 2 heterocycles. The fraction of sp³-hybridized carbons (Fsp3) is 0.379. The number of amides is 2. The first kappa shape index (κ1) is 27.2. The molecule has 3 aromatic rings. The summed E-state index contributed by atoms with van der Waals surface area (Å²) in [6.07, 6.45) is 1.56. The first-order chi connectivity index (χ1) is 18.3. The van der Waals surface area contributed by atoms with Gasteiger partial charge in [0.2, 0.25) is 5.91 Å². The lowest BCUT2D eigenvalue weighted by atomic mass is 10.1. The second kappa shape index (κ2) is 12.6. The van der Waals surface area contributed by atoms with Gasteiger partial charge in [0.1, 0.15) is 35.4 Å². The number of ether oxygens (including phenoxy) is 3. The van der Waals surface area contributed by atoms with E-state index in [2.05, 4.69) is 0 Å². The maximum Gasteiger partial charge on any atom is 0.254 e. The molecule has 202 valence electrons. The summed E-state index contributed by atoms with van der Waals surface area (Å²) >= 11 is 0. The molecule has 0 N–H and O–H groups in total. The van der Waals surface area contributed by atoms with Crippen LogP contribution in [0.2, 0.25) is 0 Å². The molecule has 9 heteroatoms. The van der Waals surface area contributed by atoms with E-state index in [9.17, 15) is 14.0 Å². The largest absolute Gasteiger partial charge is 0.497 e. The highest BCUT2D eigenvalue weighted by Crippen LogP contribution is 2.25. The monoisotopic (exact) mass is 524 g/mol. The Labute approximate surface area is 221 Å². The molecule has 1 aliphatic rings. The number of hydrogen-bond acceptors (Lipinski definition) is 6. The van der Waals surface area contributed by atoms with E-state index in [-0.39, 0.29) is 49.9 Å². The van der Waals surface area contributed by atoms with Gasteiger partial charge >= 0.3 is 0 Å². The minimum absolute atomic E-state index is 0.155. The summed E-state index contributed by atoms with van der Waals surface area (Å²) in [5.41, 5.74) is 1.11. The maximum atomic E-state index is 13.7. The van der Waals surface area contributed by atoms with E-state index in [0.717, 1.165) is 24.2 Å². The lowest BCUT2D eigenvalue weighted by molar-refractivity contribution is -0.133. The lowest BCUT2D eigenvalue weighted by Gasteiger charge is -2.29. The second-order valence-corrected chi connectivity index (χ2v) is 9.31. The van der Waals surface area contributed by atoms with Gasteiger partial charge in [-0.2, -0.15) is 0 Å². The van der Waals surface area contributed by atoms with Gasteiger partial charge in [-0.1, -0.05) is 12.1 Å². The predicted molar refractivity (Wildman–Crippen MR) is 139 cm³/mol. The average Bonchev–Trinajstić information content (AvgIpc) is 3.59. The fourth-order valence-corrected chi connectivity index (χ4v) is 4.43. The SMILES string of the molecule is COc1cc(OC)cc(C(=O)N(CC(=O)N(Cc2ccc(F)cc2)Cc2ccc(C)o2)CC2CCCO2)c1. The molecule has 38 heavy (non-hydrogen) atoms. The molecule has 8 nitrogen and oxygen atoms in total. The number of rotatable bonds is 11. The number of hydrogen-bond donors (Lipinski definition) is 0. The highest BCUT2D eigenvalue weighted by molar-refractivity contribution is 5.97. The van der Waals surface area contributed by atoms with Gasteiger partial charge in [-0.25, -0.2) is 4.39 Å². The molecule has 1 atom stereocenters. The van der Waals surface area contributed by atoms with E-state index in [1.807, 2.05) is 19.1 Å². The number of benzene rings is 2. The third-order valence-electron chi connectivity index (χ3n) is 6.44. The van der Waals surface area contributed by atoms with Crippen molar-refractivity contribution in [1.29, 1.82) is 0 Å². The zero-order chi connectivity index (χ0) is 27.1. The number of carbonyl (C=O) groups is 2. The highest BCUT2D eigenvalue weighted by atomic mass is 19.1. The number of methoxy groups -OCH3 is 2. The summed E-state index contributed by atoms with van der Waals surface area (Å²) < 4.78 is 35.7. The van der Waals surface area contributed by atoms with Crippen molar-refractivity contribution in [1.82, 2.24) is 9.80 Å². The molecule has 1 aliphatic heterocycles. The maximum absolute atomic E-state index is 13.7. The van der Waals surface area contributed by atoms with Gasteiger partial charge in [0.15, 0.2) is 0 Å². The number of furan rings is 1. The molecule has 0 spiro atoms. The Hall–Kier alpha value is -3.85. The van der Waals surface area contributed by atoms with Crippen LogP contribution in [-0.2, 0) is 22.6 Å².